The van der Waals surface area contributed by atoms with E-state index in [4.69, 9.17) is 0 Å². The Labute approximate surface area is 358 Å². The molecule has 3 aliphatic carbocycles. The molecule has 0 spiro atoms. The minimum absolute atomic E-state index is 0.0642. The second kappa shape index (κ2) is 12.9. The summed E-state index contributed by atoms with van der Waals surface area (Å²) in [6.07, 6.45) is 6.45. The van der Waals surface area contributed by atoms with Crippen molar-refractivity contribution in [3.8, 4) is 33.4 Å². The minimum Gasteiger partial charge on any atom is -0.310 e. The summed E-state index contributed by atoms with van der Waals surface area (Å²) in [5, 5.41) is 2.66. The first kappa shape index (κ1) is 36.8. The highest BCUT2D eigenvalue weighted by atomic mass is 32.1. The van der Waals surface area contributed by atoms with Crippen molar-refractivity contribution in [2.75, 3.05) is 4.90 Å². The number of hydrogen-bond donors (Lipinski definition) is 0. The van der Waals surface area contributed by atoms with Crippen molar-refractivity contribution in [2.45, 2.75) is 64.7 Å². The fourth-order valence-electron chi connectivity index (χ4n) is 11.0. The molecule has 0 saturated carbocycles. The highest BCUT2D eigenvalue weighted by Gasteiger charge is 2.43. The average molecular weight is 792 g/mol. The van der Waals surface area contributed by atoms with Crippen LogP contribution in [0.2, 0.25) is 0 Å². The van der Waals surface area contributed by atoms with Gasteiger partial charge in [0.25, 0.3) is 0 Å². The van der Waals surface area contributed by atoms with Crippen molar-refractivity contribution in [3.05, 3.63) is 203 Å². The molecule has 0 saturated heterocycles. The van der Waals surface area contributed by atoms with E-state index >= 15 is 0 Å². The number of anilines is 3. The second-order valence-corrected chi connectivity index (χ2v) is 19.6. The lowest BCUT2D eigenvalue weighted by atomic mass is 9.78. The van der Waals surface area contributed by atoms with Crippen molar-refractivity contribution in [1.29, 1.82) is 0 Å². The normalized spacial score (nSPS) is 16.2. The van der Waals surface area contributed by atoms with Crippen LogP contribution < -0.4 is 4.90 Å². The summed E-state index contributed by atoms with van der Waals surface area (Å²) in [6, 6.07) is 53.1. The molecule has 7 aromatic carbocycles. The topological polar surface area (TPSA) is 3.24 Å². The summed E-state index contributed by atoms with van der Waals surface area (Å²) in [6.45, 7) is 20.7. The van der Waals surface area contributed by atoms with Crippen molar-refractivity contribution < 1.29 is 0 Å². The smallest absolute Gasteiger partial charge is 0.0543 e. The van der Waals surface area contributed by atoms with Gasteiger partial charge < -0.3 is 4.90 Å². The SMILES string of the molecule is C=CC1=C(/C=C\C)c2ccc(N(c3ccc(-c4ccc5c(c4)sc4ccccc45)cc3)c3cccc4c3-c3cc5c(cc3C4(C)C)C(C)(C)c3ccccc3-5)cc2C1(C)C. The van der Waals surface area contributed by atoms with Gasteiger partial charge in [0.2, 0.25) is 0 Å². The molecule has 292 valence electrons. The molecule has 0 aliphatic heterocycles. The van der Waals surface area contributed by atoms with Gasteiger partial charge in [-0.2, -0.15) is 0 Å². The molecule has 1 heterocycles. The number of thiophene rings is 1. The zero-order valence-electron chi connectivity index (χ0n) is 35.6. The molecule has 1 aromatic heterocycles. The summed E-state index contributed by atoms with van der Waals surface area (Å²) >= 11 is 1.87. The Morgan fingerprint density at radius 3 is 1.97 bits per heavy atom. The zero-order chi connectivity index (χ0) is 41.3. The van der Waals surface area contributed by atoms with Gasteiger partial charge in [0.1, 0.15) is 0 Å². The predicted octanol–water partition coefficient (Wildman–Crippen LogP) is 16.6. The fourth-order valence-corrected chi connectivity index (χ4v) is 12.2. The van der Waals surface area contributed by atoms with Gasteiger partial charge in [-0.05, 0) is 128 Å². The summed E-state index contributed by atoms with van der Waals surface area (Å²) in [5.41, 5.74) is 21.6. The van der Waals surface area contributed by atoms with E-state index < -0.39 is 0 Å². The van der Waals surface area contributed by atoms with Crippen LogP contribution in [0.15, 0.2) is 170 Å². The standard InChI is InChI=1S/C58H49NS/c1-9-16-39-41-30-28-38(32-49(41)56(3,4)46(39)10-2)59(37-26-23-35(24-27-37)36-25-29-43-42-18-12-14-22-53(42)60-54(43)31-36)52-21-15-20-48-55(52)45-33-44-40-17-11-13-19-47(40)57(5,6)50(44)34-51(45)58(48,7)8/h9-34H,2H2,1,3-8H3/b16-9-. The first-order valence-electron chi connectivity index (χ1n) is 21.3. The van der Waals surface area contributed by atoms with Crippen LogP contribution in [0.4, 0.5) is 17.1 Å². The molecule has 3 aliphatic rings. The molecule has 1 nitrogen and oxygen atoms in total. The molecule has 2 heteroatoms. The predicted molar refractivity (Wildman–Crippen MR) is 260 cm³/mol. The maximum absolute atomic E-state index is 4.29. The van der Waals surface area contributed by atoms with Crippen LogP contribution in [-0.2, 0) is 16.2 Å². The molecule has 0 fully saturated rings. The molecule has 8 aromatic rings. The van der Waals surface area contributed by atoms with E-state index in [0.29, 0.717) is 0 Å². The Morgan fingerprint density at radius 2 is 1.17 bits per heavy atom. The van der Waals surface area contributed by atoms with Gasteiger partial charge in [0.05, 0.1) is 5.69 Å². The zero-order valence-corrected chi connectivity index (χ0v) is 36.4. The Morgan fingerprint density at radius 1 is 0.500 bits per heavy atom. The Bertz CT molecular complexity index is 3200. The van der Waals surface area contributed by atoms with E-state index in [2.05, 4.69) is 218 Å². The summed E-state index contributed by atoms with van der Waals surface area (Å²) in [7, 11) is 0. The molecule has 0 amide bonds. The van der Waals surface area contributed by atoms with Crippen LogP contribution in [0, 0.1) is 0 Å². The highest BCUT2D eigenvalue weighted by Crippen LogP contribution is 2.59. The van der Waals surface area contributed by atoms with Crippen LogP contribution in [0.5, 0.6) is 0 Å². The molecular weight excluding hydrogens is 743 g/mol. The van der Waals surface area contributed by atoms with E-state index in [0.717, 1.165) is 11.4 Å². The van der Waals surface area contributed by atoms with Gasteiger partial charge in [-0.1, -0.05) is 157 Å². The maximum Gasteiger partial charge on any atom is 0.0543 e. The van der Waals surface area contributed by atoms with E-state index in [1.807, 2.05) is 11.3 Å². The van der Waals surface area contributed by atoms with Gasteiger partial charge in [0.15, 0.2) is 0 Å². The Kier molecular flexibility index (Phi) is 7.91. The van der Waals surface area contributed by atoms with Crippen molar-refractivity contribution in [1.82, 2.24) is 0 Å². The lowest BCUT2D eigenvalue weighted by molar-refractivity contribution is 0.639. The number of hydrogen-bond acceptors (Lipinski definition) is 2. The van der Waals surface area contributed by atoms with Gasteiger partial charge >= 0.3 is 0 Å². The van der Waals surface area contributed by atoms with E-state index in [9.17, 15) is 0 Å². The number of fused-ring (bicyclic) bond motifs is 10. The quantitative estimate of drug-likeness (QED) is 0.162. The van der Waals surface area contributed by atoms with E-state index in [1.165, 1.54) is 104 Å². The average Bonchev–Trinajstić information content (AvgIpc) is 3.88. The number of allylic oxidation sites excluding steroid dienone is 5. The first-order chi connectivity index (χ1) is 28.9. The van der Waals surface area contributed by atoms with Crippen LogP contribution >= 0.6 is 11.3 Å². The van der Waals surface area contributed by atoms with Gasteiger partial charge in [-0.15, -0.1) is 11.3 Å². The Balaban J connectivity index is 1.11. The summed E-state index contributed by atoms with van der Waals surface area (Å²) < 4.78 is 2.66. The third-order valence-corrected chi connectivity index (χ3v) is 15.3. The maximum atomic E-state index is 4.29. The molecule has 0 radical (unpaired) electrons. The number of nitrogens with zero attached hydrogens (tertiary/aromatic N) is 1. The third-order valence-electron chi connectivity index (χ3n) is 14.2. The molecule has 0 bridgehead atoms. The van der Waals surface area contributed by atoms with Crippen LogP contribution in [0.3, 0.4) is 0 Å². The lowest BCUT2D eigenvalue weighted by Gasteiger charge is -2.30. The van der Waals surface area contributed by atoms with Crippen molar-refractivity contribution >= 4 is 54.1 Å². The largest absolute Gasteiger partial charge is 0.310 e. The van der Waals surface area contributed by atoms with E-state index in [1.54, 1.807) is 0 Å². The van der Waals surface area contributed by atoms with E-state index in [-0.39, 0.29) is 16.2 Å². The van der Waals surface area contributed by atoms with Crippen molar-refractivity contribution in [3.63, 3.8) is 0 Å². The first-order valence-corrected chi connectivity index (χ1v) is 22.1. The van der Waals surface area contributed by atoms with Gasteiger partial charge in [-0.25, -0.2) is 0 Å². The van der Waals surface area contributed by atoms with Gasteiger partial charge in [0, 0.05) is 53.4 Å². The lowest BCUT2D eigenvalue weighted by Crippen LogP contribution is -2.19. The molecule has 60 heavy (non-hydrogen) atoms. The Hall–Kier alpha value is -6.22. The van der Waals surface area contributed by atoms with Crippen LogP contribution in [-0.4, -0.2) is 0 Å². The fraction of sp³-hybridized carbons (Fsp3) is 0.172. The minimum atomic E-state index is -0.198. The number of benzene rings is 7. The van der Waals surface area contributed by atoms with Gasteiger partial charge in [-0.3, -0.25) is 0 Å². The molecule has 0 atom stereocenters. The molecule has 0 unspecified atom stereocenters. The third kappa shape index (κ3) is 5.04. The molecule has 11 rings (SSSR count). The second-order valence-electron chi connectivity index (χ2n) is 18.5. The van der Waals surface area contributed by atoms with Crippen LogP contribution in [0.25, 0.3) is 59.1 Å². The molecule has 0 N–H and O–H groups in total. The summed E-state index contributed by atoms with van der Waals surface area (Å²) in [4.78, 5) is 2.52. The highest BCUT2D eigenvalue weighted by molar-refractivity contribution is 7.25. The number of rotatable bonds is 6. The summed E-state index contributed by atoms with van der Waals surface area (Å²) in [5.74, 6) is 0. The van der Waals surface area contributed by atoms with Crippen molar-refractivity contribution in [2.24, 2.45) is 0 Å². The molecular formula is C58H49NS. The van der Waals surface area contributed by atoms with Crippen LogP contribution in [0.1, 0.15) is 81.8 Å². The monoisotopic (exact) mass is 791 g/mol.